The zero-order valence-corrected chi connectivity index (χ0v) is 6.47. The molecule has 0 saturated heterocycles. The number of hydrogen-bond donors (Lipinski definition) is 1. The maximum absolute atomic E-state index is 10.4. The van der Waals surface area contributed by atoms with E-state index < -0.39 is 11.0 Å². The van der Waals surface area contributed by atoms with Gasteiger partial charge in [0, 0.05) is 6.20 Å². The molecule has 0 unspecified atom stereocenters. The summed E-state index contributed by atoms with van der Waals surface area (Å²) >= 11 is 0. The summed E-state index contributed by atoms with van der Waals surface area (Å²) in [5, 5.41) is 19.5. The average Bonchev–Trinajstić information content (AvgIpc) is 2.04. The lowest BCUT2D eigenvalue weighted by atomic mass is 10.1. The molecule has 1 rings (SSSR count). The molecule has 0 aromatic carbocycles. The summed E-state index contributed by atoms with van der Waals surface area (Å²) in [6, 6.07) is 1.43. The topological polar surface area (TPSA) is 76.3 Å². The van der Waals surface area contributed by atoms with Crippen LogP contribution in [0.2, 0.25) is 0 Å². The lowest BCUT2D eigenvalue weighted by Crippen LogP contribution is -1.99. The van der Waals surface area contributed by atoms with Crippen molar-refractivity contribution in [3.05, 3.63) is 34.1 Å². The van der Waals surface area contributed by atoms with Crippen LogP contribution in [-0.2, 0) is 0 Å². The molecule has 0 saturated carbocycles. The Labute approximate surface area is 68.8 Å². The van der Waals surface area contributed by atoms with Gasteiger partial charge in [-0.15, -0.1) is 0 Å². The monoisotopic (exact) mass is 168 g/mol. The van der Waals surface area contributed by atoms with E-state index >= 15 is 0 Å². The van der Waals surface area contributed by atoms with Crippen molar-refractivity contribution in [1.82, 2.24) is 4.98 Å². The Morgan fingerprint density at radius 3 is 2.83 bits per heavy atom. The first-order valence-corrected chi connectivity index (χ1v) is 3.39. The highest BCUT2D eigenvalue weighted by Crippen LogP contribution is 2.22. The summed E-state index contributed by atoms with van der Waals surface area (Å²) in [6.45, 7) is 1.47. The van der Waals surface area contributed by atoms with Gasteiger partial charge in [-0.25, -0.2) is 0 Å². The van der Waals surface area contributed by atoms with E-state index in [0.29, 0.717) is 0 Å². The first-order valence-electron chi connectivity index (χ1n) is 3.39. The second-order valence-corrected chi connectivity index (χ2v) is 2.37. The van der Waals surface area contributed by atoms with E-state index in [2.05, 4.69) is 4.98 Å². The number of pyridine rings is 1. The van der Waals surface area contributed by atoms with Crippen LogP contribution in [0.15, 0.2) is 18.5 Å². The van der Waals surface area contributed by atoms with Crippen molar-refractivity contribution >= 4 is 5.69 Å². The second-order valence-electron chi connectivity index (χ2n) is 2.37. The summed E-state index contributed by atoms with van der Waals surface area (Å²) in [5.41, 5.74) is 0.141. The van der Waals surface area contributed by atoms with E-state index in [0.717, 1.165) is 6.20 Å². The van der Waals surface area contributed by atoms with Gasteiger partial charge in [0.05, 0.1) is 16.6 Å². The van der Waals surface area contributed by atoms with E-state index in [4.69, 9.17) is 5.11 Å². The van der Waals surface area contributed by atoms with Crippen molar-refractivity contribution in [3.63, 3.8) is 0 Å². The molecular weight excluding hydrogens is 160 g/mol. The van der Waals surface area contributed by atoms with Gasteiger partial charge in [0.2, 0.25) is 0 Å². The summed E-state index contributed by atoms with van der Waals surface area (Å²) in [5.74, 6) is 0. The molecule has 0 aliphatic rings. The van der Waals surface area contributed by atoms with Crippen LogP contribution in [0.4, 0.5) is 5.69 Å². The first kappa shape index (κ1) is 8.61. The van der Waals surface area contributed by atoms with E-state index in [1.54, 1.807) is 0 Å². The van der Waals surface area contributed by atoms with Crippen LogP contribution in [-0.4, -0.2) is 15.0 Å². The molecule has 1 atom stereocenters. The van der Waals surface area contributed by atoms with Gasteiger partial charge in [0.25, 0.3) is 5.69 Å². The minimum absolute atomic E-state index is 0.146. The average molecular weight is 168 g/mol. The van der Waals surface area contributed by atoms with Crippen LogP contribution in [0, 0.1) is 10.1 Å². The SMILES string of the molecule is C[C@@H](O)c1ccncc1[N+](=O)[O-]. The van der Waals surface area contributed by atoms with Crippen molar-refractivity contribution in [2.45, 2.75) is 13.0 Å². The van der Waals surface area contributed by atoms with Crippen LogP contribution in [0.1, 0.15) is 18.6 Å². The van der Waals surface area contributed by atoms with Gasteiger partial charge >= 0.3 is 0 Å². The van der Waals surface area contributed by atoms with Crippen LogP contribution in [0.5, 0.6) is 0 Å². The van der Waals surface area contributed by atoms with Crippen LogP contribution in [0.25, 0.3) is 0 Å². The molecule has 1 N–H and O–H groups in total. The Balaban J connectivity index is 3.17. The fourth-order valence-electron chi connectivity index (χ4n) is 0.903. The van der Waals surface area contributed by atoms with E-state index in [1.807, 2.05) is 0 Å². The third-order valence-corrected chi connectivity index (χ3v) is 1.48. The van der Waals surface area contributed by atoms with E-state index in [1.165, 1.54) is 19.2 Å². The van der Waals surface area contributed by atoms with E-state index in [-0.39, 0.29) is 11.3 Å². The highest BCUT2D eigenvalue weighted by Gasteiger charge is 2.16. The predicted molar refractivity (Wildman–Crippen MR) is 41.5 cm³/mol. The molecule has 1 aromatic rings. The molecule has 0 amide bonds. The summed E-state index contributed by atoms with van der Waals surface area (Å²) in [7, 11) is 0. The number of aromatic nitrogens is 1. The smallest absolute Gasteiger partial charge is 0.293 e. The lowest BCUT2D eigenvalue weighted by Gasteiger charge is -2.03. The Morgan fingerprint density at radius 2 is 2.42 bits per heavy atom. The molecule has 0 spiro atoms. The summed E-state index contributed by atoms with van der Waals surface area (Å²) in [4.78, 5) is 13.4. The van der Waals surface area contributed by atoms with Gasteiger partial charge in [0.1, 0.15) is 6.20 Å². The van der Waals surface area contributed by atoms with E-state index in [9.17, 15) is 10.1 Å². The molecule has 5 heteroatoms. The fraction of sp³-hybridized carbons (Fsp3) is 0.286. The Bertz CT molecular complexity index is 298. The number of aliphatic hydroxyl groups is 1. The zero-order valence-electron chi connectivity index (χ0n) is 6.47. The number of nitro groups is 1. The Morgan fingerprint density at radius 1 is 1.75 bits per heavy atom. The molecule has 1 aromatic heterocycles. The second kappa shape index (κ2) is 3.27. The normalized spacial score (nSPS) is 12.5. The maximum atomic E-state index is 10.4. The van der Waals surface area contributed by atoms with Crippen molar-refractivity contribution in [2.75, 3.05) is 0 Å². The summed E-state index contributed by atoms with van der Waals surface area (Å²) < 4.78 is 0. The molecule has 0 fully saturated rings. The highest BCUT2D eigenvalue weighted by molar-refractivity contribution is 5.37. The Hall–Kier alpha value is -1.49. The molecular formula is C7H8N2O3. The van der Waals surface area contributed by atoms with Crippen molar-refractivity contribution < 1.29 is 10.0 Å². The number of aliphatic hydroxyl groups excluding tert-OH is 1. The minimum Gasteiger partial charge on any atom is -0.388 e. The minimum atomic E-state index is -0.839. The number of nitrogens with zero attached hydrogens (tertiary/aromatic N) is 2. The van der Waals surface area contributed by atoms with Gasteiger partial charge < -0.3 is 5.11 Å². The van der Waals surface area contributed by atoms with Crippen molar-refractivity contribution in [1.29, 1.82) is 0 Å². The quantitative estimate of drug-likeness (QED) is 0.528. The molecule has 0 bridgehead atoms. The highest BCUT2D eigenvalue weighted by atomic mass is 16.6. The van der Waals surface area contributed by atoms with Gasteiger partial charge in [-0.2, -0.15) is 0 Å². The van der Waals surface area contributed by atoms with Gasteiger partial charge in [-0.05, 0) is 13.0 Å². The maximum Gasteiger partial charge on any atom is 0.293 e. The zero-order chi connectivity index (χ0) is 9.14. The van der Waals surface area contributed by atoms with Gasteiger partial charge in [0.15, 0.2) is 0 Å². The van der Waals surface area contributed by atoms with Crippen LogP contribution >= 0.6 is 0 Å². The number of rotatable bonds is 2. The molecule has 12 heavy (non-hydrogen) atoms. The molecule has 0 aliphatic heterocycles. The lowest BCUT2D eigenvalue weighted by molar-refractivity contribution is -0.386. The number of hydrogen-bond acceptors (Lipinski definition) is 4. The predicted octanol–water partition coefficient (Wildman–Crippen LogP) is 1.04. The Kier molecular flexibility index (Phi) is 2.35. The summed E-state index contributed by atoms with van der Waals surface area (Å²) in [6.07, 6.45) is 1.70. The molecule has 5 nitrogen and oxygen atoms in total. The molecule has 64 valence electrons. The largest absolute Gasteiger partial charge is 0.388 e. The fourth-order valence-corrected chi connectivity index (χ4v) is 0.903. The third kappa shape index (κ3) is 1.57. The van der Waals surface area contributed by atoms with Crippen molar-refractivity contribution in [3.8, 4) is 0 Å². The van der Waals surface area contributed by atoms with Crippen molar-refractivity contribution in [2.24, 2.45) is 0 Å². The first-order chi connectivity index (χ1) is 5.63. The third-order valence-electron chi connectivity index (χ3n) is 1.48. The standard InChI is InChI=1S/C7H8N2O3/c1-5(10)6-2-3-8-4-7(6)9(11)12/h2-5,10H,1H3/t5-/m1/s1. The molecule has 0 radical (unpaired) electrons. The molecule has 1 heterocycles. The molecule has 0 aliphatic carbocycles. The van der Waals surface area contributed by atoms with Gasteiger partial charge in [-0.3, -0.25) is 15.1 Å². The van der Waals surface area contributed by atoms with Crippen LogP contribution in [0.3, 0.4) is 0 Å². The van der Waals surface area contributed by atoms with Crippen LogP contribution < -0.4 is 0 Å². The van der Waals surface area contributed by atoms with Gasteiger partial charge in [-0.1, -0.05) is 0 Å².